The SMILES string of the molecule is CCCn1c(N)c(NCC2(CC)CC2)c(=O)n(C)c1=O. The quantitative estimate of drug-likeness (QED) is 0.818. The molecule has 3 N–H and O–H groups in total. The molecule has 0 atom stereocenters. The van der Waals surface area contributed by atoms with Crippen molar-refractivity contribution >= 4 is 11.5 Å². The first-order valence-corrected chi connectivity index (χ1v) is 7.29. The van der Waals surface area contributed by atoms with E-state index in [0.29, 0.717) is 17.6 Å². The fourth-order valence-electron chi connectivity index (χ4n) is 2.50. The predicted molar refractivity (Wildman–Crippen MR) is 81.1 cm³/mol. The van der Waals surface area contributed by atoms with Crippen molar-refractivity contribution in [1.82, 2.24) is 9.13 Å². The van der Waals surface area contributed by atoms with Crippen molar-refractivity contribution in [2.75, 3.05) is 17.6 Å². The lowest BCUT2D eigenvalue weighted by Crippen LogP contribution is -2.41. The molecule has 2 rings (SSSR count). The lowest BCUT2D eigenvalue weighted by molar-refractivity contribution is 0.519. The fraction of sp³-hybridized carbons (Fsp3) is 0.714. The summed E-state index contributed by atoms with van der Waals surface area (Å²) in [4.78, 5) is 24.2. The van der Waals surface area contributed by atoms with E-state index >= 15 is 0 Å². The minimum Gasteiger partial charge on any atom is -0.383 e. The van der Waals surface area contributed by atoms with Crippen molar-refractivity contribution in [3.63, 3.8) is 0 Å². The highest BCUT2D eigenvalue weighted by atomic mass is 16.2. The van der Waals surface area contributed by atoms with E-state index < -0.39 is 0 Å². The van der Waals surface area contributed by atoms with Crippen molar-refractivity contribution in [3.05, 3.63) is 20.8 Å². The Bertz CT molecular complexity index is 611. The van der Waals surface area contributed by atoms with Gasteiger partial charge in [-0.1, -0.05) is 13.8 Å². The number of nitrogens with two attached hydrogens (primary N) is 1. The van der Waals surface area contributed by atoms with Gasteiger partial charge in [0.05, 0.1) is 0 Å². The standard InChI is InChI=1S/C14H24N4O2/c1-4-8-18-11(15)10(12(19)17(3)13(18)20)16-9-14(5-2)6-7-14/h16H,4-9,15H2,1-3H3. The number of hydrogen-bond acceptors (Lipinski definition) is 4. The van der Waals surface area contributed by atoms with Crippen LogP contribution in [0.2, 0.25) is 0 Å². The maximum atomic E-state index is 12.2. The van der Waals surface area contributed by atoms with Crippen LogP contribution in [0.15, 0.2) is 9.59 Å². The molecule has 0 aliphatic heterocycles. The number of hydrogen-bond donors (Lipinski definition) is 2. The van der Waals surface area contributed by atoms with Crippen molar-refractivity contribution in [3.8, 4) is 0 Å². The normalized spacial score (nSPS) is 16.1. The summed E-state index contributed by atoms with van der Waals surface area (Å²) in [7, 11) is 1.49. The molecule has 0 aromatic carbocycles. The molecular weight excluding hydrogens is 256 g/mol. The van der Waals surface area contributed by atoms with E-state index in [1.165, 1.54) is 24.5 Å². The average molecular weight is 280 g/mol. The molecule has 1 aliphatic carbocycles. The van der Waals surface area contributed by atoms with Crippen LogP contribution in [0, 0.1) is 5.41 Å². The van der Waals surface area contributed by atoms with Crippen molar-refractivity contribution in [2.24, 2.45) is 12.5 Å². The number of nitrogens with zero attached hydrogens (tertiary/aromatic N) is 2. The molecule has 1 aromatic rings. The Morgan fingerprint density at radius 1 is 1.30 bits per heavy atom. The second-order valence-electron chi connectivity index (χ2n) is 5.77. The van der Waals surface area contributed by atoms with Crippen LogP contribution in [0.1, 0.15) is 39.5 Å². The van der Waals surface area contributed by atoms with Crippen LogP contribution in [0.5, 0.6) is 0 Å². The molecule has 6 heteroatoms. The molecule has 1 saturated carbocycles. The molecule has 0 unspecified atom stereocenters. The Balaban J connectivity index is 2.37. The number of rotatable bonds is 6. The molecule has 6 nitrogen and oxygen atoms in total. The van der Waals surface area contributed by atoms with Gasteiger partial charge >= 0.3 is 5.69 Å². The van der Waals surface area contributed by atoms with Gasteiger partial charge in [-0.3, -0.25) is 13.9 Å². The molecule has 112 valence electrons. The maximum absolute atomic E-state index is 12.2. The molecule has 1 heterocycles. The topological polar surface area (TPSA) is 82.0 Å². The van der Waals surface area contributed by atoms with Crippen molar-refractivity contribution in [1.29, 1.82) is 0 Å². The van der Waals surface area contributed by atoms with Gasteiger partial charge in [-0.15, -0.1) is 0 Å². The van der Waals surface area contributed by atoms with E-state index in [1.54, 1.807) is 0 Å². The fourth-order valence-corrected chi connectivity index (χ4v) is 2.50. The smallest absolute Gasteiger partial charge is 0.332 e. The van der Waals surface area contributed by atoms with E-state index in [1.807, 2.05) is 6.92 Å². The van der Waals surface area contributed by atoms with Crippen LogP contribution >= 0.6 is 0 Å². The predicted octanol–water partition coefficient (Wildman–Crippen LogP) is 1.14. The molecule has 0 bridgehead atoms. The minimum atomic E-state index is -0.350. The highest BCUT2D eigenvalue weighted by Gasteiger charge is 2.40. The maximum Gasteiger partial charge on any atom is 0.332 e. The third-order valence-corrected chi connectivity index (χ3v) is 4.38. The zero-order valence-electron chi connectivity index (χ0n) is 12.5. The van der Waals surface area contributed by atoms with E-state index in [4.69, 9.17) is 5.73 Å². The number of nitrogen functional groups attached to an aromatic ring is 1. The summed E-state index contributed by atoms with van der Waals surface area (Å²) in [5.41, 5.74) is 6.00. The lowest BCUT2D eigenvalue weighted by Gasteiger charge is -2.18. The molecule has 0 spiro atoms. The first kappa shape index (κ1) is 14.7. The number of anilines is 2. The largest absolute Gasteiger partial charge is 0.383 e. The van der Waals surface area contributed by atoms with Crippen LogP contribution in [0.25, 0.3) is 0 Å². The Morgan fingerprint density at radius 3 is 2.45 bits per heavy atom. The van der Waals surface area contributed by atoms with Crippen LogP contribution in [-0.2, 0) is 13.6 Å². The second-order valence-corrected chi connectivity index (χ2v) is 5.77. The highest BCUT2D eigenvalue weighted by Crippen LogP contribution is 2.48. The zero-order chi connectivity index (χ0) is 14.9. The Hall–Kier alpha value is -1.72. The van der Waals surface area contributed by atoms with Crippen LogP contribution < -0.4 is 22.3 Å². The van der Waals surface area contributed by atoms with E-state index in [2.05, 4.69) is 12.2 Å². The number of aromatic nitrogens is 2. The van der Waals surface area contributed by atoms with Gasteiger partial charge in [-0.25, -0.2) is 4.79 Å². The van der Waals surface area contributed by atoms with Gasteiger partial charge in [0.2, 0.25) is 0 Å². The summed E-state index contributed by atoms with van der Waals surface area (Å²) in [6.45, 7) is 5.40. The molecule has 0 amide bonds. The van der Waals surface area contributed by atoms with Crippen molar-refractivity contribution < 1.29 is 0 Å². The Labute approximate surface area is 118 Å². The Morgan fingerprint density at radius 2 is 1.95 bits per heavy atom. The second kappa shape index (κ2) is 5.34. The van der Waals surface area contributed by atoms with Gasteiger partial charge in [0.25, 0.3) is 5.56 Å². The van der Waals surface area contributed by atoms with E-state index in [0.717, 1.165) is 24.0 Å². The first-order valence-electron chi connectivity index (χ1n) is 7.29. The summed E-state index contributed by atoms with van der Waals surface area (Å²) in [6, 6.07) is 0. The summed E-state index contributed by atoms with van der Waals surface area (Å²) in [5, 5.41) is 3.18. The van der Waals surface area contributed by atoms with Gasteiger partial charge in [-0.2, -0.15) is 0 Å². The molecule has 1 fully saturated rings. The monoisotopic (exact) mass is 280 g/mol. The number of nitrogens with one attached hydrogen (secondary N) is 1. The summed E-state index contributed by atoms with van der Waals surface area (Å²) in [5.74, 6) is 0.256. The first-order chi connectivity index (χ1) is 9.45. The summed E-state index contributed by atoms with van der Waals surface area (Å²) < 4.78 is 2.59. The molecule has 0 radical (unpaired) electrons. The lowest BCUT2D eigenvalue weighted by atomic mass is 10.0. The molecule has 0 saturated heterocycles. The third kappa shape index (κ3) is 2.46. The molecule has 1 aromatic heterocycles. The van der Waals surface area contributed by atoms with Crippen molar-refractivity contribution in [2.45, 2.75) is 46.1 Å². The summed E-state index contributed by atoms with van der Waals surface area (Å²) >= 11 is 0. The van der Waals surface area contributed by atoms with E-state index in [9.17, 15) is 9.59 Å². The molecule has 1 aliphatic rings. The van der Waals surface area contributed by atoms with Gasteiger partial charge in [0.1, 0.15) is 11.5 Å². The van der Waals surface area contributed by atoms with Gasteiger partial charge in [0.15, 0.2) is 0 Å². The molecular formula is C14H24N4O2. The zero-order valence-corrected chi connectivity index (χ0v) is 12.5. The van der Waals surface area contributed by atoms with Gasteiger partial charge in [-0.05, 0) is 31.1 Å². The van der Waals surface area contributed by atoms with Crippen LogP contribution in [0.3, 0.4) is 0 Å². The summed E-state index contributed by atoms with van der Waals surface area (Å²) in [6.07, 6.45) is 4.26. The average Bonchev–Trinajstić information content (AvgIpc) is 3.22. The highest BCUT2D eigenvalue weighted by molar-refractivity contribution is 5.60. The van der Waals surface area contributed by atoms with Crippen LogP contribution in [-0.4, -0.2) is 15.7 Å². The van der Waals surface area contributed by atoms with Gasteiger partial charge < -0.3 is 11.1 Å². The molecule has 20 heavy (non-hydrogen) atoms. The van der Waals surface area contributed by atoms with Crippen LogP contribution in [0.4, 0.5) is 11.5 Å². The van der Waals surface area contributed by atoms with Gasteiger partial charge in [0, 0.05) is 20.1 Å². The Kier molecular flexibility index (Phi) is 3.92. The van der Waals surface area contributed by atoms with E-state index in [-0.39, 0.29) is 17.1 Å². The minimum absolute atomic E-state index is 0.256. The third-order valence-electron chi connectivity index (χ3n) is 4.38.